The molecule has 0 saturated carbocycles. The van der Waals surface area contributed by atoms with E-state index in [1.54, 1.807) is 0 Å². The summed E-state index contributed by atoms with van der Waals surface area (Å²) >= 11 is 0. The number of aliphatic hydroxyl groups is 1. The SMILES string of the molecule is CC(NC(=O)C(N)CO)C(=O)N1CCCC1C(=O)NC(CC(N)=O)C(=O)O. The molecular formula is C15H25N5O7. The number of nitrogens with one attached hydrogen (secondary N) is 2. The molecule has 12 heteroatoms. The highest BCUT2D eigenvalue weighted by Crippen LogP contribution is 2.19. The largest absolute Gasteiger partial charge is 0.480 e. The second-order valence-corrected chi connectivity index (χ2v) is 6.28. The zero-order valence-corrected chi connectivity index (χ0v) is 14.9. The van der Waals surface area contributed by atoms with Crippen molar-refractivity contribution < 1.29 is 34.2 Å². The number of nitrogens with zero attached hydrogens (tertiary/aromatic N) is 1. The van der Waals surface area contributed by atoms with E-state index in [0.717, 1.165) is 0 Å². The summed E-state index contributed by atoms with van der Waals surface area (Å²) in [5.41, 5.74) is 10.3. The first-order valence-electron chi connectivity index (χ1n) is 8.37. The van der Waals surface area contributed by atoms with Gasteiger partial charge in [-0.15, -0.1) is 0 Å². The van der Waals surface area contributed by atoms with E-state index in [9.17, 15) is 24.0 Å². The summed E-state index contributed by atoms with van der Waals surface area (Å²) in [6.07, 6.45) is 0.235. The summed E-state index contributed by atoms with van der Waals surface area (Å²) in [4.78, 5) is 59.9. The molecule has 0 aromatic carbocycles. The van der Waals surface area contributed by atoms with Crippen LogP contribution in [-0.4, -0.2) is 82.0 Å². The van der Waals surface area contributed by atoms with Crippen LogP contribution in [-0.2, 0) is 24.0 Å². The molecule has 12 nitrogen and oxygen atoms in total. The maximum Gasteiger partial charge on any atom is 0.326 e. The van der Waals surface area contributed by atoms with Gasteiger partial charge in [0.1, 0.15) is 24.2 Å². The molecule has 152 valence electrons. The lowest BCUT2D eigenvalue weighted by atomic mass is 10.1. The molecular weight excluding hydrogens is 362 g/mol. The minimum absolute atomic E-state index is 0.247. The number of likely N-dealkylation sites (tertiary alicyclic amines) is 1. The molecule has 8 N–H and O–H groups in total. The van der Waals surface area contributed by atoms with Crippen LogP contribution in [0, 0.1) is 0 Å². The average Bonchev–Trinajstić information content (AvgIpc) is 3.08. The normalized spacial score (nSPS) is 19.7. The van der Waals surface area contributed by atoms with E-state index in [1.807, 2.05) is 0 Å². The third-order valence-electron chi connectivity index (χ3n) is 4.12. The summed E-state index contributed by atoms with van der Waals surface area (Å²) in [5.74, 6) is -4.30. The standard InChI is InChI=1S/C15H25N5O7/c1-7(18-12(23)8(16)6-21)14(25)20-4-2-3-10(20)13(24)19-9(15(26)27)5-11(17)22/h7-10,21H,2-6,16H2,1H3,(H2,17,22)(H,18,23)(H,19,24)(H,26,27). The number of hydrogen-bond donors (Lipinski definition) is 6. The van der Waals surface area contributed by atoms with Gasteiger partial charge in [0, 0.05) is 6.54 Å². The summed E-state index contributed by atoms with van der Waals surface area (Å²) in [6, 6.07) is -4.60. The van der Waals surface area contributed by atoms with Crippen molar-refractivity contribution in [1.82, 2.24) is 15.5 Å². The lowest BCUT2D eigenvalue weighted by Crippen LogP contribution is -2.56. The fraction of sp³-hybridized carbons (Fsp3) is 0.667. The number of hydrogen-bond acceptors (Lipinski definition) is 7. The molecule has 4 amide bonds. The Kier molecular flexibility index (Phi) is 8.12. The second kappa shape index (κ2) is 9.83. The number of aliphatic hydroxyl groups excluding tert-OH is 1. The minimum atomic E-state index is -1.49. The molecule has 4 atom stereocenters. The molecule has 0 radical (unpaired) electrons. The van der Waals surface area contributed by atoms with Gasteiger partial charge < -0.3 is 37.2 Å². The van der Waals surface area contributed by atoms with Gasteiger partial charge in [-0.2, -0.15) is 0 Å². The average molecular weight is 387 g/mol. The van der Waals surface area contributed by atoms with Crippen molar-refractivity contribution in [1.29, 1.82) is 0 Å². The number of carbonyl (C=O) groups is 5. The molecule has 0 aliphatic carbocycles. The van der Waals surface area contributed by atoms with Gasteiger partial charge in [-0.25, -0.2) is 4.79 Å². The number of rotatable bonds is 9. The van der Waals surface area contributed by atoms with Crippen LogP contribution in [0.1, 0.15) is 26.2 Å². The minimum Gasteiger partial charge on any atom is -0.480 e. The number of aliphatic carboxylic acids is 1. The molecule has 1 saturated heterocycles. The van der Waals surface area contributed by atoms with E-state index in [0.29, 0.717) is 12.8 Å². The van der Waals surface area contributed by atoms with Crippen molar-refractivity contribution in [2.24, 2.45) is 11.5 Å². The van der Waals surface area contributed by atoms with Gasteiger partial charge in [-0.1, -0.05) is 0 Å². The summed E-state index contributed by atoms with van der Waals surface area (Å²) in [6.45, 7) is 1.07. The van der Waals surface area contributed by atoms with Crippen molar-refractivity contribution in [3.8, 4) is 0 Å². The van der Waals surface area contributed by atoms with Crippen LogP contribution in [0.5, 0.6) is 0 Å². The van der Waals surface area contributed by atoms with Crippen molar-refractivity contribution in [2.45, 2.75) is 50.4 Å². The Balaban J connectivity index is 2.77. The third kappa shape index (κ3) is 6.18. The monoisotopic (exact) mass is 387 g/mol. The van der Waals surface area contributed by atoms with Crippen molar-refractivity contribution in [2.75, 3.05) is 13.2 Å². The van der Waals surface area contributed by atoms with E-state index in [1.165, 1.54) is 11.8 Å². The molecule has 0 aromatic heterocycles. The Morgan fingerprint density at radius 3 is 2.37 bits per heavy atom. The lowest BCUT2D eigenvalue weighted by molar-refractivity contribution is -0.145. The smallest absolute Gasteiger partial charge is 0.326 e. The molecule has 4 unspecified atom stereocenters. The van der Waals surface area contributed by atoms with Crippen LogP contribution < -0.4 is 22.1 Å². The predicted molar refractivity (Wildman–Crippen MR) is 90.8 cm³/mol. The molecule has 1 aliphatic heterocycles. The zero-order chi connectivity index (χ0) is 20.7. The van der Waals surface area contributed by atoms with Gasteiger partial charge in [0.2, 0.25) is 23.6 Å². The number of amides is 4. The Labute approximate surface area is 155 Å². The van der Waals surface area contributed by atoms with Crippen LogP contribution in [0.4, 0.5) is 0 Å². The highest BCUT2D eigenvalue weighted by molar-refractivity contribution is 5.95. The summed E-state index contributed by atoms with van der Waals surface area (Å²) < 4.78 is 0. The molecule has 1 fully saturated rings. The second-order valence-electron chi connectivity index (χ2n) is 6.28. The first kappa shape index (κ1) is 22.3. The topological polar surface area (TPSA) is 205 Å². The zero-order valence-electron chi connectivity index (χ0n) is 14.9. The highest BCUT2D eigenvalue weighted by Gasteiger charge is 2.38. The Morgan fingerprint density at radius 1 is 1.22 bits per heavy atom. The molecule has 27 heavy (non-hydrogen) atoms. The quantitative estimate of drug-likeness (QED) is 0.231. The number of carbonyl (C=O) groups excluding carboxylic acids is 4. The number of carboxylic acids is 1. The predicted octanol–water partition coefficient (Wildman–Crippen LogP) is -3.75. The number of nitrogens with two attached hydrogens (primary N) is 2. The first-order valence-corrected chi connectivity index (χ1v) is 8.37. The van der Waals surface area contributed by atoms with E-state index in [4.69, 9.17) is 21.7 Å². The van der Waals surface area contributed by atoms with E-state index in [2.05, 4.69) is 10.6 Å². The molecule has 1 heterocycles. The fourth-order valence-corrected chi connectivity index (χ4v) is 2.69. The Morgan fingerprint density at radius 2 is 1.85 bits per heavy atom. The first-order chi connectivity index (χ1) is 12.6. The van der Waals surface area contributed by atoms with Crippen LogP contribution >= 0.6 is 0 Å². The lowest BCUT2D eigenvalue weighted by Gasteiger charge is -2.28. The van der Waals surface area contributed by atoms with Crippen molar-refractivity contribution >= 4 is 29.6 Å². The van der Waals surface area contributed by atoms with Gasteiger partial charge in [0.25, 0.3) is 0 Å². The van der Waals surface area contributed by atoms with Gasteiger partial charge in [-0.3, -0.25) is 19.2 Å². The van der Waals surface area contributed by atoms with Gasteiger partial charge in [0.05, 0.1) is 13.0 Å². The van der Waals surface area contributed by atoms with E-state index in [-0.39, 0.29) is 6.54 Å². The van der Waals surface area contributed by atoms with Crippen LogP contribution in [0.3, 0.4) is 0 Å². The third-order valence-corrected chi connectivity index (χ3v) is 4.12. The molecule has 1 rings (SSSR count). The summed E-state index contributed by atoms with van der Waals surface area (Å²) in [7, 11) is 0. The van der Waals surface area contributed by atoms with Crippen LogP contribution in [0.15, 0.2) is 0 Å². The number of primary amides is 1. The maximum atomic E-state index is 12.5. The van der Waals surface area contributed by atoms with Gasteiger partial charge in [0.15, 0.2) is 0 Å². The Hall–Kier alpha value is -2.73. The highest BCUT2D eigenvalue weighted by atomic mass is 16.4. The molecule has 0 spiro atoms. The molecule has 0 bridgehead atoms. The molecule has 0 aromatic rings. The fourth-order valence-electron chi connectivity index (χ4n) is 2.69. The van der Waals surface area contributed by atoms with E-state index < -0.39 is 66.8 Å². The van der Waals surface area contributed by atoms with Crippen molar-refractivity contribution in [3.63, 3.8) is 0 Å². The van der Waals surface area contributed by atoms with Gasteiger partial charge >= 0.3 is 5.97 Å². The van der Waals surface area contributed by atoms with E-state index >= 15 is 0 Å². The van der Waals surface area contributed by atoms with Gasteiger partial charge in [-0.05, 0) is 19.8 Å². The van der Waals surface area contributed by atoms with Crippen LogP contribution in [0.25, 0.3) is 0 Å². The maximum absolute atomic E-state index is 12.5. The number of carboxylic acid groups (broad SMARTS) is 1. The van der Waals surface area contributed by atoms with Crippen LogP contribution in [0.2, 0.25) is 0 Å². The van der Waals surface area contributed by atoms with Crippen molar-refractivity contribution in [3.05, 3.63) is 0 Å². The molecule has 1 aliphatic rings. The summed E-state index contributed by atoms with van der Waals surface area (Å²) in [5, 5.41) is 22.5. The Bertz CT molecular complexity index is 611.